The lowest BCUT2D eigenvalue weighted by Gasteiger charge is -2.18. The van der Waals surface area contributed by atoms with Gasteiger partial charge in [-0.2, -0.15) is 0 Å². The molecular weight excluding hydrogens is 252 g/mol. The summed E-state index contributed by atoms with van der Waals surface area (Å²) >= 11 is 0. The quantitative estimate of drug-likeness (QED) is 0.787. The Hall–Kier alpha value is -1.55. The summed E-state index contributed by atoms with van der Waals surface area (Å²) in [6, 6.07) is 7.78. The van der Waals surface area contributed by atoms with Crippen LogP contribution < -0.4 is 10.6 Å². The summed E-state index contributed by atoms with van der Waals surface area (Å²) in [4.78, 5) is 12.0. The highest BCUT2D eigenvalue weighted by Gasteiger charge is 2.38. The number of amides is 2. The second kappa shape index (κ2) is 5.44. The van der Waals surface area contributed by atoms with Gasteiger partial charge in [0.05, 0.1) is 12.1 Å². The van der Waals surface area contributed by atoms with Crippen molar-refractivity contribution in [3.63, 3.8) is 0 Å². The van der Waals surface area contributed by atoms with Crippen LogP contribution in [0.5, 0.6) is 0 Å². The molecule has 0 spiro atoms. The molecule has 0 bridgehead atoms. The van der Waals surface area contributed by atoms with Crippen LogP contribution in [-0.4, -0.2) is 23.3 Å². The summed E-state index contributed by atoms with van der Waals surface area (Å²) in [6.45, 7) is 2.17. The van der Waals surface area contributed by atoms with Crippen molar-refractivity contribution in [1.29, 1.82) is 0 Å². The van der Waals surface area contributed by atoms with Crippen LogP contribution >= 0.6 is 0 Å². The molecule has 0 radical (unpaired) electrons. The number of aliphatic hydroxyl groups excluding tert-OH is 1. The second-order valence-electron chi connectivity index (χ2n) is 5.96. The molecule has 2 amide bonds. The van der Waals surface area contributed by atoms with Crippen LogP contribution in [0.2, 0.25) is 0 Å². The first kappa shape index (κ1) is 13.4. The Balaban J connectivity index is 1.57. The number of urea groups is 1. The van der Waals surface area contributed by atoms with Gasteiger partial charge in [0, 0.05) is 12.5 Å². The maximum atomic E-state index is 12.0. The van der Waals surface area contributed by atoms with E-state index in [4.69, 9.17) is 0 Å². The van der Waals surface area contributed by atoms with Crippen molar-refractivity contribution < 1.29 is 9.90 Å². The van der Waals surface area contributed by atoms with Crippen LogP contribution in [0.4, 0.5) is 4.79 Å². The van der Waals surface area contributed by atoms with Gasteiger partial charge in [0.25, 0.3) is 0 Å². The van der Waals surface area contributed by atoms with E-state index >= 15 is 0 Å². The topological polar surface area (TPSA) is 61.4 Å². The molecule has 1 aromatic rings. The van der Waals surface area contributed by atoms with E-state index in [9.17, 15) is 9.90 Å². The fourth-order valence-corrected chi connectivity index (χ4v) is 3.21. The van der Waals surface area contributed by atoms with Crippen LogP contribution in [-0.2, 0) is 6.42 Å². The second-order valence-corrected chi connectivity index (χ2v) is 5.96. The molecule has 4 nitrogen and oxygen atoms in total. The zero-order valence-electron chi connectivity index (χ0n) is 11.8. The van der Waals surface area contributed by atoms with Crippen LogP contribution in [0, 0.1) is 5.92 Å². The molecule has 1 fully saturated rings. The Kier molecular flexibility index (Phi) is 3.66. The maximum Gasteiger partial charge on any atom is 0.315 e. The van der Waals surface area contributed by atoms with E-state index in [1.54, 1.807) is 0 Å². The van der Waals surface area contributed by atoms with Gasteiger partial charge in [0.15, 0.2) is 0 Å². The Morgan fingerprint density at radius 2 is 2.15 bits per heavy atom. The molecule has 2 aliphatic carbocycles. The predicted molar refractivity (Wildman–Crippen MR) is 77.4 cm³/mol. The highest BCUT2D eigenvalue weighted by Crippen LogP contribution is 2.35. The number of nitrogens with one attached hydrogen (secondary N) is 2. The molecule has 4 unspecified atom stereocenters. The van der Waals surface area contributed by atoms with Crippen LogP contribution in [0.1, 0.15) is 43.4 Å². The van der Waals surface area contributed by atoms with Crippen LogP contribution in [0.15, 0.2) is 24.3 Å². The van der Waals surface area contributed by atoms with Crippen molar-refractivity contribution in [2.75, 3.05) is 0 Å². The Bertz CT molecular complexity index is 503. The molecule has 2 aliphatic rings. The van der Waals surface area contributed by atoms with Gasteiger partial charge < -0.3 is 15.7 Å². The van der Waals surface area contributed by atoms with Crippen molar-refractivity contribution >= 4 is 6.03 Å². The van der Waals surface area contributed by atoms with E-state index in [1.807, 2.05) is 24.3 Å². The molecule has 3 rings (SSSR count). The normalized spacial score (nSPS) is 30.7. The lowest BCUT2D eigenvalue weighted by atomic mass is 10.1. The number of fused-ring (bicyclic) bond motifs is 1. The predicted octanol–water partition coefficient (Wildman–Crippen LogP) is 2.13. The third-order valence-corrected chi connectivity index (χ3v) is 4.39. The summed E-state index contributed by atoms with van der Waals surface area (Å²) < 4.78 is 0. The maximum absolute atomic E-state index is 12.0. The Morgan fingerprint density at radius 3 is 2.95 bits per heavy atom. The highest BCUT2D eigenvalue weighted by atomic mass is 16.3. The minimum absolute atomic E-state index is 0.158. The smallest absolute Gasteiger partial charge is 0.315 e. The average Bonchev–Trinajstić information content (AvgIpc) is 3.06. The summed E-state index contributed by atoms with van der Waals surface area (Å²) in [5, 5.41) is 16.0. The molecule has 1 saturated carbocycles. The molecule has 0 heterocycles. The van der Waals surface area contributed by atoms with Crippen LogP contribution in [0.3, 0.4) is 0 Å². The molecule has 0 aliphatic heterocycles. The summed E-state index contributed by atoms with van der Waals surface area (Å²) in [7, 11) is 0. The van der Waals surface area contributed by atoms with Crippen molar-refractivity contribution in [3.8, 4) is 0 Å². The SMILES string of the molecule is CCCC1CC1NC(=O)NC1c2ccccc2CC1O. The number of aliphatic hydroxyl groups is 1. The first-order chi connectivity index (χ1) is 9.69. The number of hydrogen-bond acceptors (Lipinski definition) is 2. The lowest BCUT2D eigenvalue weighted by molar-refractivity contribution is 0.142. The number of benzene rings is 1. The Labute approximate surface area is 119 Å². The minimum atomic E-state index is -0.524. The van der Waals surface area contributed by atoms with Crippen molar-refractivity contribution in [1.82, 2.24) is 10.6 Å². The van der Waals surface area contributed by atoms with Gasteiger partial charge in [-0.3, -0.25) is 0 Å². The molecule has 0 saturated heterocycles. The zero-order valence-corrected chi connectivity index (χ0v) is 11.8. The van der Waals surface area contributed by atoms with Gasteiger partial charge in [0.2, 0.25) is 0 Å². The largest absolute Gasteiger partial charge is 0.390 e. The fraction of sp³-hybridized carbons (Fsp3) is 0.562. The van der Waals surface area contributed by atoms with E-state index in [1.165, 1.54) is 12.8 Å². The molecule has 4 heteroatoms. The van der Waals surface area contributed by atoms with Crippen molar-refractivity contribution in [2.45, 2.75) is 50.8 Å². The first-order valence-electron chi connectivity index (χ1n) is 7.52. The van der Waals surface area contributed by atoms with E-state index < -0.39 is 6.10 Å². The number of hydrogen-bond donors (Lipinski definition) is 3. The van der Waals surface area contributed by atoms with E-state index in [0.29, 0.717) is 18.4 Å². The van der Waals surface area contributed by atoms with E-state index in [2.05, 4.69) is 17.6 Å². The molecule has 3 N–H and O–H groups in total. The molecule has 1 aromatic carbocycles. The van der Waals surface area contributed by atoms with Crippen LogP contribution in [0.25, 0.3) is 0 Å². The van der Waals surface area contributed by atoms with Gasteiger partial charge in [-0.1, -0.05) is 37.6 Å². The lowest BCUT2D eigenvalue weighted by Crippen LogP contribution is -2.42. The van der Waals surface area contributed by atoms with E-state index in [0.717, 1.165) is 17.5 Å². The van der Waals surface area contributed by atoms with Gasteiger partial charge >= 0.3 is 6.03 Å². The average molecular weight is 274 g/mol. The van der Waals surface area contributed by atoms with Crippen molar-refractivity contribution in [2.24, 2.45) is 5.92 Å². The third kappa shape index (κ3) is 2.66. The first-order valence-corrected chi connectivity index (χ1v) is 7.52. The molecule has 4 atom stereocenters. The monoisotopic (exact) mass is 274 g/mol. The molecule has 0 aromatic heterocycles. The minimum Gasteiger partial charge on any atom is -0.390 e. The standard InChI is InChI=1S/C16H22N2O2/c1-2-5-11-8-13(11)17-16(20)18-15-12-7-4-3-6-10(12)9-14(15)19/h3-4,6-7,11,13-15,19H,2,5,8-9H2,1H3,(H2,17,18,20). The molecule has 108 valence electrons. The zero-order chi connectivity index (χ0) is 14.1. The summed E-state index contributed by atoms with van der Waals surface area (Å²) in [6.07, 6.45) is 3.52. The third-order valence-electron chi connectivity index (χ3n) is 4.39. The number of rotatable bonds is 4. The summed E-state index contributed by atoms with van der Waals surface area (Å²) in [5.41, 5.74) is 2.16. The molecule has 20 heavy (non-hydrogen) atoms. The Morgan fingerprint density at radius 1 is 1.35 bits per heavy atom. The van der Waals surface area contributed by atoms with Gasteiger partial charge in [-0.05, 0) is 29.9 Å². The molecular formula is C16H22N2O2. The fourth-order valence-electron chi connectivity index (χ4n) is 3.21. The number of carbonyl (C=O) groups is 1. The van der Waals surface area contributed by atoms with Gasteiger partial charge in [0.1, 0.15) is 0 Å². The van der Waals surface area contributed by atoms with Gasteiger partial charge in [-0.25, -0.2) is 4.79 Å². The highest BCUT2D eigenvalue weighted by molar-refractivity contribution is 5.75. The summed E-state index contributed by atoms with van der Waals surface area (Å²) in [5.74, 6) is 0.645. The van der Waals surface area contributed by atoms with Gasteiger partial charge in [-0.15, -0.1) is 0 Å². The number of carbonyl (C=O) groups excluding carboxylic acids is 1. The van der Waals surface area contributed by atoms with E-state index in [-0.39, 0.29) is 12.1 Å². The van der Waals surface area contributed by atoms with Crippen molar-refractivity contribution in [3.05, 3.63) is 35.4 Å².